The standard InChI is InChI=1S/C36H64O2/c1-3-5-7-9-11-13-15-17-19-21-23-25-27-29-31-33-35-34(36(37)38-35)32-30-28-26-24-22-20-18-16-14-12-10-8-6-4-2/h17-20,33-34H,3-16,21-32H2,1-2H3/b19-17+,20-18+,35-33-. The van der Waals surface area contributed by atoms with Gasteiger partial charge in [-0.15, -0.1) is 0 Å². The molecule has 1 aliphatic rings. The van der Waals surface area contributed by atoms with Crippen LogP contribution in [0.2, 0.25) is 0 Å². The lowest BCUT2D eigenvalue weighted by Gasteiger charge is -2.28. The molecule has 1 unspecified atom stereocenters. The van der Waals surface area contributed by atoms with Gasteiger partial charge in [0.15, 0.2) is 0 Å². The van der Waals surface area contributed by atoms with E-state index in [9.17, 15) is 4.79 Å². The minimum absolute atomic E-state index is 0.00150. The molecule has 0 bridgehead atoms. The number of unbranched alkanes of at least 4 members (excludes halogenated alkanes) is 21. The van der Waals surface area contributed by atoms with Gasteiger partial charge in [-0.05, 0) is 76.7 Å². The maximum absolute atomic E-state index is 11.9. The van der Waals surface area contributed by atoms with Gasteiger partial charge in [0.25, 0.3) is 0 Å². The van der Waals surface area contributed by atoms with Gasteiger partial charge in [0.2, 0.25) is 0 Å². The Morgan fingerprint density at radius 2 is 0.868 bits per heavy atom. The first-order valence-corrected chi connectivity index (χ1v) is 17.0. The molecule has 1 aliphatic heterocycles. The van der Waals surface area contributed by atoms with E-state index >= 15 is 0 Å². The summed E-state index contributed by atoms with van der Waals surface area (Å²) in [7, 11) is 0. The van der Waals surface area contributed by atoms with E-state index < -0.39 is 0 Å². The highest BCUT2D eigenvalue weighted by atomic mass is 16.6. The van der Waals surface area contributed by atoms with Crippen molar-refractivity contribution >= 4 is 5.97 Å². The van der Waals surface area contributed by atoms with E-state index in [1.165, 1.54) is 148 Å². The Morgan fingerprint density at radius 1 is 0.500 bits per heavy atom. The van der Waals surface area contributed by atoms with Gasteiger partial charge in [0, 0.05) is 0 Å². The van der Waals surface area contributed by atoms with Crippen LogP contribution in [0.5, 0.6) is 0 Å². The minimum atomic E-state index is 0.00150. The number of hydrogen-bond donors (Lipinski definition) is 0. The van der Waals surface area contributed by atoms with E-state index in [-0.39, 0.29) is 11.9 Å². The SMILES string of the molecule is CCCCCCCC/C=C/CCCCCC/C=C1\OC(=O)C1CCCCCC/C=C/CCCCCCCC. The highest BCUT2D eigenvalue weighted by Gasteiger charge is 2.36. The Hall–Kier alpha value is -1.31. The van der Waals surface area contributed by atoms with Crippen LogP contribution in [0.25, 0.3) is 0 Å². The third-order valence-corrected chi connectivity index (χ3v) is 7.91. The molecule has 0 spiro atoms. The van der Waals surface area contributed by atoms with Gasteiger partial charge in [-0.2, -0.15) is 0 Å². The van der Waals surface area contributed by atoms with Crippen LogP contribution >= 0.6 is 0 Å². The Labute approximate surface area is 238 Å². The molecule has 0 aromatic carbocycles. The van der Waals surface area contributed by atoms with Gasteiger partial charge in [-0.25, -0.2) is 0 Å². The number of cyclic esters (lactones) is 1. The molecule has 0 aromatic heterocycles. The summed E-state index contributed by atoms with van der Waals surface area (Å²) in [6, 6.07) is 0. The van der Waals surface area contributed by atoms with Gasteiger partial charge in [-0.3, -0.25) is 4.79 Å². The van der Waals surface area contributed by atoms with Gasteiger partial charge in [0.1, 0.15) is 11.7 Å². The molecule has 1 rings (SSSR count). The molecular weight excluding hydrogens is 464 g/mol. The molecule has 1 fully saturated rings. The third kappa shape index (κ3) is 20.6. The maximum atomic E-state index is 11.9. The van der Waals surface area contributed by atoms with E-state index in [1.807, 2.05) is 0 Å². The lowest BCUT2D eigenvalue weighted by molar-refractivity contribution is -0.157. The normalized spacial score (nSPS) is 16.6. The Bertz CT molecular complexity index is 615. The quantitative estimate of drug-likeness (QED) is 0.0573. The number of allylic oxidation sites excluding steroid dienone is 5. The molecule has 0 aliphatic carbocycles. The van der Waals surface area contributed by atoms with E-state index in [0.717, 1.165) is 25.0 Å². The van der Waals surface area contributed by atoms with Crippen LogP contribution in [0.4, 0.5) is 0 Å². The van der Waals surface area contributed by atoms with E-state index in [0.29, 0.717) is 0 Å². The van der Waals surface area contributed by atoms with Crippen molar-refractivity contribution < 1.29 is 9.53 Å². The van der Waals surface area contributed by atoms with Crippen LogP contribution in [0.1, 0.15) is 181 Å². The summed E-state index contributed by atoms with van der Waals surface area (Å²) in [5.74, 6) is 1.02. The number of rotatable bonds is 28. The van der Waals surface area contributed by atoms with E-state index in [2.05, 4.69) is 44.2 Å². The van der Waals surface area contributed by atoms with Crippen LogP contribution in [0, 0.1) is 5.92 Å². The lowest BCUT2D eigenvalue weighted by atomic mass is 9.93. The molecule has 2 nitrogen and oxygen atoms in total. The lowest BCUT2D eigenvalue weighted by Crippen LogP contribution is -2.32. The molecule has 0 radical (unpaired) electrons. The molecule has 1 heterocycles. The summed E-state index contributed by atoms with van der Waals surface area (Å²) in [5.41, 5.74) is 0. The molecule has 1 atom stereocenters. The Kier molecular flexibility index (Phi) is 24.9. The second-order valence-electron chi connectivity index (χ2n) is 11.6. The second-order valence-corrected chi connectivity index (χ2v) is 11.6. The van der Waals surface area contributed by atoms with Crippen LogP contribution in [-0.2, 0) is 9.53 Å². The largest absolute Gasteiger partial charge is 0.430 e. The minimum Gasteiger partial charge on any atom is -0.430 e. The van der Waals surface area contributed by atoms with E-state index in [4.69, 9.17) is 4.74 Å². The fourth-order valence-electron chi connectivity index (χ4n) is 5.29. The Morgan fingerprint density at radius 3 is 1.29 bits per heavy atom. The highest BCUT2D eigenvalue weighted by Crippen LogP contribution is 2.32. The molecule has 2 heteroatoms. The number of carbonyl (C=O) groups excluding carboxylic acids is 1. The first kappa shape index (κ1) is 34.7. The fraction of sp³-hybridized carbons (Fsp3) is 0.806. The molecule has 220 valence electrons. The smallest absolute Gasteiger partial charge is 0.321 e. The molecule has 0 aromatic rings. The Balaban J connectivity index is 1.91. The van der Waals surface area contributed by atoms with Crippen molar-refractivity contribution in [3.05, 3.63) is 36.1 Å². The zero-order chi connectivity index (χ0) is 27.4. The van der Waals surface area contributed by atoms with Crippen LogP contribution < -0.4 is 0 Å². The van der Waals surface area contributed by atoms with Gasteiger partial charge in [0.05, 0.1) is 0 Å². The van der Waals surface area contributed by atoms with Crippen LogP contribution in [0.3, 0.4) is 0 Å². The predicted octanol–water partition coefficient (Wildman–Crippen LogP) is 12.3. The average Bonchev–Trinajstić information content (AvgIpc) is 2.92. The number of ether oxygens (including phenoxy) is 1. The summed E-state index contributed by atoms with van der Waals surface area (Å²) >= 11 is 0. The topological polar surface area (TPSA) is 26.3 Å². The zero-order valence-electron chi connectivity index (χ0n) is 25.7. The fourth-order valence-corrected chi connectivity index (χ4v) is 5.29. The summed E-state index contributed by atoms with van der Waals surface area (Å²) in [4.78, 5) is 11.9. The maximum Gasteiger partial charge on any atom is 0.321 e. The number of carbonyl (C=O) groups is 1. The van der Waals surface area contributed by atoms with Crippen molar-refractivity contribution in [3.8, 4) is 0 Å². The first-order valence-electron chi connectivity index (χ1n) is 17.0. The second kappa shape index (κ2) is 27.3. The summed E-state index contributed by atoms with van der Waals surface area (Å²) < 4.78 is 5.34. The van der Waals surface area contributed by atoms with Crippen molar-refractivity contribution in [1.82, 2.24) is 0 Å². The third-order valence-electron chi connectivity index (χ3n) is 7.91. The summed E-state index contributed by atoms with van der Waals surface area (Å²) in [5, 5.41) is 0. The molecule has 38 heavy (non-hydrogen) atoms. The zero-order valence-corrected chi connectivity index (χ0v) is 25.7. The van der Waals surface area contributed by atoms with Crippen molar-refractivity contribution in [2.24, 2.45) is 5.92 Å². The first-order chi connectivity index (χ1) is 18.8. The summed E-state index contributed by atoms with van der Waals surface area (Å²) in [6.45, 7) is 4.56. The van der Waals surface area contributed by atoms with Crippen molar-refractivity contribution in [2.45, 2.75) is 181 Å². The van der Waals surface area contributed by atoms with Gasteiger partial charge < -0.3 is 4.74 Å². The number of hydrogen-bond acceptors (Lipinski definition) is 2. The van der Waals surface area contributed by atoms with Crippen molar-refractivity contribution in [1.29, 1.82) is 0 Å². The van der Waals surface area contributed by atoms with Gasteiger partial charge >= 0.3 is 5.97 Å². The molecule has 0 amide bonds. The number of esters is 1. The molecule has 0 N–H and O–H groups in total. The van der Waals surface area contributed by atoms with E-state index in [1.54, 1.807) is 0 Å². The highest BCUT2D eigenvalue weighted by molar-refractivity contribution is 5.82. The summed E-state index contributed by atoms with van der Waals surface area (Å²) in [6.07, 6.45) is 45.4. The molecule has 1 saturated heterocycles. The molecular formula is C36H64O2. The molecule has 0 saturated carbocycles. The van der Waals surface area contributed by atoms with Crippen LogP contribution in [-0.4, -0.2) is 5.97 Å². The van der Waals surface area contributed by atoms with Crippen molar-refractivity contribution in [3.63, 3.8) is 0 Å². The van der Waals surface area contributed by atoms with Gasteiger partial charge in [-0.1, -0.05) is 134 Å². The predicted molar refractivity (Wildman–Crippen MR) is 167 cm³/mol. The average molecular weight is 529 g/mol. The monoisotopic (exact) mass is 528 g/mol. The van der Waals surface area contributed by atoms with Crippen molar-refractivity contribution in [2.75, 3.05) is 0 Å². The van der Waals surface area contributed by atoms with Crippen LogP contribution in [0.15, 0.2) is 36.1 Å².